The van der Waals surface area contributed by atoms with Crippen LogP contribution in [0.25, 0.3) is 16.8 Å². The molecule has 37 heavy (non-hydrogen) atoms. The summed E-state index contributed by atoms with van der Waals surface area (Å²) in [6.45, 7) is 4.30. The third kappa shape index (κ3) is 8.09. The van der Waals surface area contributed by atoms with Crippen molar-refractivity contribution in [2.75, 3.05) is 17.1 Å². The second-order valence-electron chi connectivity index (χ2n) is 9.19. The summed E-state index contributed by atoms with van der Waals surface area (Å²) in [4.78, 5) is 19.2. The summed E-state index contributed by atoms with van der Waals surface area (Å²) in [5.41, 5.74) is 1.38. The molecule has 2 aromatic heterocycles. The van der Waals surface area contributed by atoms with E-state index in [0.29, 0.717) is 29.8 Å². The van der Waals surface area contributed by atoms with Crippen LogP contribution in [-0.2, 0) is 10.0 Å². The molecule has 0 spiro atoms. The first-order valence-electron chi connectivity index (χ1n) is 13.2. The number of aromatic amines is 1. The van der Waals surface area contributed by atoms with Gasteiger partial charge in [-0.25, -0.2) is 13.2 Å². The molecule has 2 heterocycles. The average molecular weight is 528 g/mol. The number of nitrogens with zero attached hydrogens (tertiary/aromatic N) is 3. The van der Waals surface area contributed by atoms with E-state index in [1.807, 2.05) is 0 Å². The largest absolute Gasteiger partial charge is 0.465 e. The zero-order valence-electron chi connectivity index (χ0n) is 21.8. The quantitative estimate of drug-likeness (QED) is 0.233. The van der Waals surface area contributed by atoms with Crippen molar-refractivity contribution < 1.29 is 13.2 Å². The number of hydrogen-bond donors (Lipinski definition) is 2. The van der Waals surface area contributed by atoms with Crippen molar-refractivity contribution in [3.8, 4) is 23.2 Å². The van der Waals surface area contributed by atoms with Crippen LogP contribution in [0.3, 0.4) is 0 Å². The van der Waals surface area contributed by atoms with E-state index in [0.717, 1.165) is 19.3 Å². The Morgan fingerprint density at radius 1 is 1.05 bits per heavy atom. The summed E-state index contributed by atoms with van der Waals surface area (Å²) in [6, 6.07) is 8.94. The highest BCUT2D eigenvalue weighted by atomic mass is 32.2. The SMILES string of the molecule is CCCCCCCCCCCCS(=O)(=O)Nc1cccc(-c2cn3c(=O)[nH]c(OCC)nc3c2C#N)c1. The summed E-state index contributed by atoms with van der Waals surface area (Å²) in [5, 5.41) is 9.79. The summed E-state index contributed by atoms with van der Waals surface area (Å²) in [7, 11) is -3.50. The van der Waals surface area contributed by atoms with Crippen LogP contribution >= 0.6 is 0 Å². The van der Waals surface area contributed by atoms with Gasteiger partial charge in [0, 0.05) is 17.4 Å². The van der Waals surface area contributed by atoms with Crippen molar-refractivity contribution in [1.82, 2.24) is 14.4 Å². The third-order valence-corrected chi connectivity index (χ3v) is 7.60. The van der Waals surface area contributed by atoms with E-state index in [-0.39, 0.29) is 23.0 Å². The molecule has 2 N–H and O–H groups in total. The number of anilines is 1. The molecule has 0 amide bonds. The molecule has 9 nitrogen and oxygen atoms in total. The fourth-order valence-corrected chi connectivity index (χ4v) is 5.50. The molecule has 0 aliphatic rings. The van der Waals surface area contributed by atoms with Gasteiger partial charge in [-0.1, -0.05) is 76.8 Å². The molecular weight excluding hydrogens is 490 g/mol. The summed E-state index contributed by atoms with van der Waals surface area (Å²) in [5.74, 6) is 0.0623. The number of ether oxygens (including phenoxy) is 1. The number of nitriles is 1. The number of benzene rings is 1. The van der Waals surface area contributed by atoms with Crippen LogP contribution in [0, 0.1) is 11.3 Å². The van der Waals surface area contributed by atoms with Crippen LogP contribution in [0.4, 0.5) is 5.69 Å². The summed E-state index contributed by atoms with van der Waals surface area (Å²) in [6.07, 6.45) is 12.9. The molecule has 0 aliphatic carbocycles. The highest BCUT2D eigenvalue weighted by Crippen LogP contribution is 2.29. The minimum absolute atomic E-state index is 0.0367. The van der Waals surface area contributed by atoms with Gasteiger partial charge in [0.25, 0.3) is 6.01 Å². The van der Waals surface area contributed by atoms with Gasteiger partial charge in [-0.3, -0.25) is 14.1 Å². The highest BCUT2D eigenvalue weighted by molar-refractivity contribution is 7.92. The van der Waals surface area contributed by atoms with Crippen LogP contribution in [0.1, 0.15) is 83.6 Å². The number of unbranched alkanes of at least 4 members (excludes halogenated alkanes) is 9. The molecule has 0 saturated carbocycles. The molecule has 0 radical (unpaired) electrons. The standard InChI is InChI=1S/C27H37N5O4S/c1-3-5-6-7-8-9-10-11-12-13-17-37(34,35)31-22-16-14-15-21(18-22)24-20-32-25(23(24)19-28)29-26(36-4-2)30-27(32)33/h14-16,18,20,31H,3-13,17H2,1-2H3,(H,29,30,33). The highest BCUT2D eigenvalue weighted by Gasteiger charge is 2.18. The van der Waals surface area contributed by atoms with Gasteiger partial charge in [0.2, 0.25) is 10.0 Å². The summed E-state index contributed by atoms with van der Waals surface area (Å²) >= 11 is 0. The lowest BCUT2D eigenvalue weighted by Gasteiger charge is -2.09. The monoisotopic (exact) mass is 527 g/mol. The third-order valence-electron chi connectivity index (χ3n) is 6.23. The first kappa shape index (κ1) is 28.3. The summed E-state index contributed by atoms with van der Waals surface area (Å²) < 4.78 is 34.5. The molecular formula is C27H37N5O4S. The van der Waals surface area contributed by atoms with Crippen molar-refractivity contribution in [2.24, 2.45) is 0 Å². The van der Waals surface area contributed by atoms with Crippen LogP contribution in [0.2, 0.25) is 0 Å². The van der Waals surface area contributed by atoms with E-state index in [1.54, 1.807) is 31.2 Å². The minimum atomic E-state index is -3.50. The minimum Gasteiger partial charge on any atom is -0.465 e. The Morgan fingerprint density at radius 3 is 2.38 bits per heavy atom. The molecule has 0 atom stereocenters. The zero-order chi connectivity index (χ0) is 26.7. The van der Waals surface area contributed by atoms with E-state index in [1.165, 1.54) is 49.1 Å². The lowest BCUT2D eigenvalue weighted by molar-refractivity contribution is 0.311. The predicted octanol–water partition coefficient (Wildman–Crippen LogP) is 5.62. The van der Waals surface area contributed by atoms with Crippen molar-refractivity contribution in [1.29, 1.82) is 5.26 Å². The van der Waals surface area contributed by atoms with Crippen LogP contribution in [0.5, 0.6) is 6.01 Å². The van der Waals surface area contributed by atoms with Gasteiger partial charge >= 0.3 is 5.69 Å². The lowest BCUT2D eigenvalue weighted by Crippen LogP contribution is -2.18. The van der Waals surface area contributed by atoms with Crippen molar-refractivity contribution in [3.63, 3.8) is 0 Å². The zero-order valence-corrected chi connectivity index (χ0v) is 22.6. The van der Waals surface area contributed by atoms with Gasteiger partial charge in [-0.2, -0.15) is 10.2 Å². The Balaban J connectivity index is 1.62. The van der Waals surface area contributed by atoms with Crippen molar-refractivity contribution in [3.05, 3.63) is 46.5 Å². The van der Waals surface area contributed by atoms with Crippen LogP contribution in [-0.4, -0.2) is 35.1 Å². The maximum atomic E-state index is 12.7. The molecule has 3 rings (SSSR count). The number of nitrogens with one attached hydrogen (secondary N) is 2. The van der Waals surface area contributed by atoms with Gasteiger partial charge in [0.1, 0.15) is 11.6 Å². The topological polar surface area (TPSA) is 129 Å². The first-order valence-corrected chi connectivity index (χ1v) is 14.8. The van der Waals surface area contributed by atoms with Gasteiger partial charge in [0.05, 0.1) is 12.4 Å². The van der Waals surface area contributed by atoms with Gasteiger partial charge < -0.3 is 4.74 Å². The molecule has 0 fully saturated rings. The molecule has 1 aromatic carbocycles. The lowest BCUT2D eigenvalue weighted by atomic mass is 10.0. The Bertz CT molecular complexity index is 1370. The fraction of sp³-hybridized carbons (Fsp3) is 0.519. The Hall–Kier alpha value is -3.32. The maximum absolute atomic E-state index is 12.7. The van der Waals surface area contributed by atoms with Crippen LogP contribution in [0.15, 0.2) is 35.3 Å². The normalized spacial score (nSPS) is 11.5. The van der Waals surface area contributed by atoms with Gasteiger partial charge in [-0.05, 0) is 31.0 Å². The van der Waals surface area contributed by atoms with E-state index < -0.39 is 15.7 Å². The average Bonchev–Trinajstić information content (AvgIpc) is 3.24. The Morgan fingerprint density at radius 2 is 1.73 bits per heavy atom. The van der Waals surface area contributed by atoms with Gasteiger partial charge in [-0.15, -0.1) is 0 Å². The Labute approximate surface area is 218 Å². The van der Waals surface area contributed by atoms with Gasteiger partial charge in [0.15, 0.2) is 5.65 Å². The molecule has 200 valence electrons. The number of rotatable bonds is 16. The number of sulfonamides is 1. The molecule has 0 saturated heterocycles. The first-order chi connectivity index (χ1) is 17.9. The van der Waals surface area contributed by atoms with Crippen molar-refractivity contribution in [2.45, 2.75) is 78.1 Å². The predicted molar refractivity (Wildman–Crippen MR) is 146 cm³/mol. The van der Waals surface area contributed by atoms with E-state index >= 15 is 0 Å². The number of H-pyrrole nitrogens is 1. The smallest absolute Gasteiger partial charge is 0.335 e. The second kappa shape index (κ2) is 13.8. The Kier molecular flexibility index (Phi) is 10.6. The second-order valence-corrected chi connectivity index (χ2v) is 11.0. The number of fused-ring (bicyclic) bond motifs is 1. The molecule has 0 aliphatic heterocycles. The fourth-order valence-electron chi connectivity index (χ4n) is 4.33. The van der Waals surface area contributed by atoms with Crippen molar-refractivity contribution >= 4 is 21.4 Å². The molecule has 0 bridgehead atoms. The van der Waals surface area contributed by atoms with E-state index in [9.17, 15) is 18.5 Å². The molecule has 3 aromatic rings. The van der Waals surface area contributed by atoms with E-state index in [4.69, 9.17) is 4.74 Å². The molecule has 0 unspecified atom stereocenters. The van der Waals surface area contributed by atoms with E-state index in [2.05, 4.69) is 27.7 Å². The molecule has 10 heteroatoms. The maximum Gasteiger partial charge on any atom is 0.335 e. The number of hydrogen-bond acceptors (Lipinski definition) is 6. The van der Waals surface area contributed by atoms with Crippen LogP contribution < -0.4 is 15.1 Å². The number of aromatic nitrogens is 3.